The molecule has 0 fully saturated rings. The maximum Gasteiger partial charge on any atom is 0.341 e. The molecule has 31 heavy (non-hydrogen) atoms. The van der Waals surface area contributed by atoms with Crippen LogP contribution in [0.4, 0.5) is 5.69 Å². The van der Waals surface area contributed by atoms with Crippen molar-refractivity contribution in [3.63, 3.8) is 0 Å². The zero-order valence-corrected chi connectivity index (χ0v) is 16.6. The Labute approximate surface area is 180 Å². The van der Waals surface area contributed by atoms with E-state index in [1.807, 2.05) is 30.3 Å². The van der Waals surface area contributed by atoms with Gasteiger partial charge in [0, 0.05) is 17.2 Å². The molecule has 1 atom stereocenters. The Morgan fingerprint density at radius 3 is 2.42 bits per heavy atom. The topological polar surface area (TPSA) is 114 Å². The summed E-state index contributed by atoms with van der Waals surface area (Å²) in [5.41, 5.74) is 14.7. The maximum atomic E-state index is 12.6. The van der Waals surface area contributed by atoms with E-state index in [1.54, 1.807) is 12.1 Å². The summed E-state index contributed by atoms with van der Waals surface area (Å²) < 4.78 is 15.7. The van der Waals surface area contributed by atoms with E-state index < -0.39 is 17.9 Å². The highest BCUT2D eigenvalue weighted by atomic mass is 16.5. The van der Waals surface area contributed by atoms with Crippen molar-refractivity contribution in [2.75, 3.05) is 18.9 Å². The second-order valence-corrected chi connectivity index (χ2v) is 6.66. The van der Waals surface area contributed by atoms with Gasteiger partial charge in [0.25, 0.3) is 0 Å². The molecule has 0 aromatic heterocycles. The first kappa shape index (κ1) is 21.4. The molecule has 0 radical (unpaired) electrons. The number of carbonyl (C=O) groups excluding carboxylic acids is 2. The molecular weight excluding hydrogens is 396 g/mol. The van der Waals surface area contributed by atoms with E-state index in [1.165, 1.54) is 0 Å². The van der Waals surface area contributed by atoms with Crippen LogP contribution in [0.25, 0.3) is 11.1 Å². The minimum absolute atomic E-state index is 0.00914. The molecule has 1 unspecified atom stereocenters. The molecular formula is C24H20N2O5. The summed E-state index contributed by atoms with van der Waals surface area (Å²) in [5, 5.41) is 0. The fourth-order valence-electron chi connectivity index (χ4n) is 3.30. The molecule has 0 saturated carbocycles. The van der Waals surface area contributed by atoms with Crippen molar-refractivity contribution in [3.05, 3.63) is 59.5 Å². The Balaban J connectivity index is 2.05. The predicted octanol–water partition coefficient (Wildman–Crippen LogP) is 2.33. The molecule has 7 nitrogen and oxygen atoms in total. The van der Waals surface area contributed by atoms with Crippen molar-refractivity contribution >= 4 is 17.6 Å². The first-order chi connectivity index (χ1) is 14.9. The van der Waals surface area contributed by atoms with Crippen molar-refractivity contribution < 1.29 is 23.8 Å². The lowest BCUT2D eigenvalue weighted by Gasteiger charge is -2.28. The van der Waals surface area contributed by atoms with Gasteiger partial charge < -0.3 is 25.7 Å². The van der Waals surface area contributed by atoms with Crippen LogP contribution in [-0.4, -0.2) is 25.2 Å². The average molecular weight is 416 g/mol. The Bertz CT molecular complexity index is 1140. The number of nitrogen functional groups attached to an aromatic ring is 1. The Morgan fingerprint density at radius 2 is 1.71 bits per heavy atom. The van der Waals surface area contributed by atoms with E-state index >= 15 is 0 Å². The molecule has 0 spiro atoms. The normalized spacial score (nSPS) is 14.5. The zero-order chi connectivity index (χ0) is 22.4. The lowest BCUT2D eigenvalue weighted by atomic mass is 9.84. The number of rotatable bonds is 6. The predicted molar refractivity (Wildman–Crippen MR) is 115 cm³/mol. The van der Waals surface area contributed by atoms with Crippen LogP contribution in [0, 0.1) is 24.7 Å². The monoisotopic (exact) mass is 416 g/mol. The van der Waals surface area contributed by atoms with Gasteiger partial charge >= 0.3 is 11.9 Å². The number of hydrogen-bond acceptors (Lipinski definition) is 7. The molecule has 0 bridgehead atoms. The molecule has 0 aliphatic carbocycles. The lowest BCUT2D eigenvalue weighted by molar-refractivity contribution is -0.142. The molecule has 1 aliphatic heterocycles. The third-order valence-corrected chi connectivity index (χ3v) is 4.63. The van der Waals surface area contributed by atoms with E-state index in [9.17, 15) is 9.59 Å². The maximum absolute atomic E-state index is 12.6. The first-order valence-corrected chi connectivity index (χ1v) is 9.31. The van der Waals surface area contributed by atoms with Crippen molar-refractivity contribution in [2.45, 2.75) is 12.3 Å². The third-order valence-electron chi connectivity index (χ3n) is 4.63. The first-order valence-electron chi connectivity index (χ1n) is 9.31. The standard InChI is InChI=1S/C24H20N2O5/c1-3-10-29-21(27)14-19-18-13-16(15-6-5-7-17(25)12-15)8-9-20(18)31-23(26)22(19)24(28)30-11-4-2/h1-2,5-9,12-13,19H,10-11,14,25-26H2. The van der Waals surface area contributed by atoms with Crippen molar-refractivity contribution in [1.82, 2.24) is 0 Å². The number of ether oxygens (including phenoxy) is 3. The number of nitrogens with two attached hydrogens (primary N) is 2. The minimum Gasteiger partial charge on any atom is -0.452 e. The SMILES string of the molecule is C#CCOC(=O)CC1C(C(=O)OCC#C)=C(N)Oc2ccc(-c3cccc(N)c3)cc21. The van der Waals surface area contributed by atoms with E-state index in [0.717, 1.165) is 11.1 Å². The number of fused-ring (bicyclic) bond motifs is 1. The largest absolute Gasteiger partial charge is 0.452 e. The fourth-order valence-corrected chi connectivity index (χ4v) is 3.30. The zero-order valence-electron chi connectivity index (χ0n) is 16.6. The Hall–Kier alpha value is -4.36. The van der Waals surface area contributed by atoms with Gasteiger partial charge in [0.1, 0.15) is 11.3 Å². The molecule has 1 aliphatic rings. The van der Waals surface area contributed by atoms with E-state index in [2.05, 4.69) is 11.8 Å². The molecule has 0 saturated heterocycles. The van der Waals surface area contributed by atoms with Crippen LogP contribution in [-0.2, 0) is 19.1 Å². The molecule has 7 heteroatoms. The number of hydrogen-bond donors (Lipinski definition) is 2. The second kappa shape index (κ2) is 9.43. The van der Waals surface area contributed by atoms with Crippen LogP contribution in [0.2, 0.25) is 0 Å². The fraction of sp³-hybridized carbons (Fsp3) is 0.167. The minimum atomic E-state index is -0.777. The van der Waals surface area contributed by atoms with Gasteiger partial charge in [-0.15, -0.1) is 12.8 Å². The summed E-state index contributed by atoms with van der Waals surface area (Å²) in [6, 6.07) is 12.7. The van der Waals surface area contributed by atoms with Crippen molar-refractivity contribution in [1.29, 1.82) is 0 Å². The third kappa shape index (κ3) is 4.80. The number of carbonyl (C=O) groups is 2. The molecule has 2 aromatic carbocycles. The second-order valence-electron chi connectivity index (χ2n) is 6.66. The van der Waals surface area contributed by atoms with Crippen LogP contribution in [0.5, 0.6) is 5.75 Å². The van der Waals surface area contributed by atoms with Crippen LogP contribution in [0.1, 0.15) is 17.9 Å². The van der Waals surface area contributed by atoms with Crippen molar-refractivity contribution in [2.24, 2.45) is 5.73 Å². The molecule has 4 N–H and O–H groups in total. The summed E-state index contributed by atoms with van der Waals surface area (Å²) in [6.45, 7) is -0.436. The summed E-state index contributed by atoms with van der Waals surface area (Å²) in [4.78, 5) is 25.0. The van der Waals surface area contributed by atoms with Crippen LogP contribution in [0.15, 0.2) is 53.9 Å². The van der Waals surface area contributed by atoms with Crippen molar-refractivity contribution in [3.8, 4) is 41.6 Å². The summed E-state index contributed by atoms with van der Waals surface area (Å²) in [5.74, 6) is 2.55. The number of benzene rings is 2. The van der Waals surface area contributed by atoms with Gasteiger partial charge in [0.15, 0.2) is 13.2 Å². The Kier molecular flexibility index (Phi) is 6.49. The summed E-state index contributed by atoms with van der Waals surface area (Å²) in [7, 11) is 0. The number of esters is 2. The highest BCUT2D eigenvalue weighted by molar-refractivity contribution is 5.93. The van der Waals surface area contributed by atoms with E-state index in [0.29, 0.717) is 17.0 Å². The van der Waals surface area contributed by atoms with Gasteiger partial charge in [0.2, 0.25) is 5.88 Å². The Morgan fingerprint density at radius 1 is 1.00 bits per heavy atom. The van der Waals surface area contributed by atoms with Crippen LogP contribution < -0.4 is 16.2 Å². The van der Waals surface area contributed by atoms with Gasteiger partial charge in [0.05, 0.1) is 6.42 Å². The van der Waals surface area contributed by atoms with Gasteiger partial charge in [-0.2, -0.15) is 0 Å². The smallest absolute Gasteiger partial charge is 0.341 e. The summed E-state index contributed by atoms with van der Waals surface area (Å²) in [6.07, 6.45) is 10.1. The van der Waals surface area contributed by atoms with E-state index in [4.69, 9.17) is 38.5 Å². The number of terminal acetylenes is 2. The molecule has 2 aromatic rings. The van der Waals surface area contributed by atoms with Gasteiger partial charge in [-0.25, -0.2) is 4.79 Å². The van der Waals surface area contributed by atoms with E-state index in [-0.39, 0.29) is 31.1 Å². The van der Waals surface area contributed by atoms with Gasteiger partial charge in [-0.3, -0.25) is 4.79 Å². The molecule has 0 amide bonds. The highest BCUT2D eigenvalue weighted by Gasteiger charge is 2.36. The van der Waals surface area contributed by atoms with Gasteiger partial charge in [-0.1, -0.05) is 30.0 Å². The van der Waals surface area contributed by atoms with Crippen LogP contribution >= 0.6 is 0 Å². The summed E-state index contributed by atoms with van der Waals surface area (Å²) >= 11 is 0. The lowest BCUT2D eigenvalue weighted by Crippen LogP contribution is -2.28. The molecule has 156 valence electrons. The van der Waals surface area contributed by atoms with Gasteiger partial charge in [-0.05, 0) is 35.4 Å². The number of anilines is 1. The quantitative estimate of drug-likeness (QED) is 0.422. The molecule has 3 rings (SSSR count). The molecule has 1 heterocycles. The highest BCUT2D eigenvalue weighted by Crippen LogP contribution is 2.42. The average Bonchev–Trinajstić information content (AvgIpc) is 2.75. The van der Waals surface area contributed by atoms with Crippen LogP contribution in [0.3, 0.4) is 0 Å².